The standard InChI is InChI=1S/C13H18O4/c1-10(13(14)16-3)17-12-6-4-11(5-7-12)8-9-15-2/h4-7,10H,8-9H2,1-3H3/t10-/m0/s1. The van der Waals surface area contributed by atoms with Gasteiger partial charge < -0.3 is 14.2 Å². The summed E-state index contributed by atoms with van der Waals surface area (Å²) in [5.41, 5.74) is 1.17. The Hall–Kier alpha value is -1.55. The van der Waals surface area contributed by atoms with Gasteiger partial charge in [-0.1, -0.05) is 12.1 Å². The SMILES string of the molecule is COCCc1ccc(O[C@@H](C)C(=O)OC)cc1. The smallest absolute Gasteiger partial charge is 0.346 e. The molecule has 1 aromatic rings. The maximum atomic E-state index is 11.2. The second-order valence-corrected chi connectivity index (χ2v) is 3.67. The van der Waals surface area contributed by atoms with E-state index in [2.05, 4.69) is 4.74 Å². The van der Waals surface area contributed by atoms with Crippen molar-refractivity contribution in [1.29, 1.82) is 0 Å². The number of ether oxygens (including phenoxy) is 3. The van der Waals surface area contributed by atoms with Gasteiger partial charge in [-0.2, -0.15) is 0 Å². The summed E-state index contributed by atoms with van der Waals surface area (Å²) in [6, 6.07) is 7.59. The highest BCUT2D eigenvalue weighted by Crippen LogP contribution is 2.14. The fourth-order valence-electron chi connectivity index (χ4n) is 1.37. The van der Waals surface area contributed by atoms with Gasteiger partial charge in [-0.3, -0.25) is 0 Å². The lowest BCUT2D eigenvalue weighted by molar-refractivity contribution is -0.147. The van der Waals surface area contributed by atoms with Crippen LogP contribution in [-0.2, 0) is 20.7 Å². The summed E-state index contributed by atoms with van der Waals surface area (Å²) >= 11 is 0. The number of carbonyl (C=O) groups excluding carboxylic acids is 1. The summed E-state index contributed by atoms with van der Waals surface area (Å²) in [6.07, 6.45) is 0.272. The van der Waals surface area contributed by atoms with Crippen LogP contribution < -0.4 is 4.74 Å². The highest BCUT2D eigenvalue weighted by atomic mass is 16.6. The normalized spacial score (nSPS) is 11.9. The average molecular weight is 238 g/mol. The molecule has 4 heteroatoms. The van der Waals surface area contributed by atoms with Gasteiger partial charge in [0.15, 0.2) is 6.10 Å². The Kier molecular flexibility index (Phi) is 5.49. The molecule has 0 aromatic heterocycles. The Morgan fingerprint density at radius 2 is 1.88 bits per heavy atom. The number of benzene rings is 1. The maximum Gasteiger partial charge on any atom is 0.346 e. The molecular weight excluding hydrogens is 220 g/mol. The molecule has 0 N–H and O–H groups in total. The Balaban J connectivity index is 2.53. The van der Waals surface area contributed by atoms with Crippen molar-refractivity contribution in [3.8, 4) is 5.75 Å². The molecule has 0 aliphatic rings. The highest BCUT2D eigenvalue weighted by Gasteiger charge is 2.14. The summed E-state index contributed by atoms with van der Waals surface area (Å²) < 4.78 is 15.0. The van der Waals surface area contributed by atoms with E-state index in [-0.39, 0.29) is 5.97 Å². The van der Waals surface area contributed by atoms with E-state index in [1.54, 1.807) is 14.0 Å². The third-order valence-electron chi connectivity index (χ3n) is 2.36. The molecule has 0 saturated heterocycles. The molecule has 0 amide bonds. The summed E-state index contributed by atoms with van der Waals surface area (Å²) in [5, 5.41) is 0. The van der Waals surface area contributed by atoms with Gasteiger partial charge in [0.2, 0.25) is 0 Å². The monoisotopic (exact) mass is 238 g/mol. The van der Waals surface area contributed by atoms with Gasteiger partial charge in [-0.15, -0.1) is 0 Å². The molecule has 0 heterocycles. The van der Waals surface area contributed by atoms with E-state index in [1.165, 1.54) is 12.7 Å². The van der Waals surface area contributed by atoms with Crippen molar-refractivity contribution in [2.45, 2.75) is 19.4 Å². The number of methoxy groups -OCH3 is 2. The highest BCUT2D eigenvalue weighted by molar-refractivity contribution is 5.74. The second kappa shape index (κ2) is 6.91. The van der Waals surface area contributed by atoms with E-state index < -0.39 is 6.10 Å². The van der Waals surface area contributed by atoms with Crippen LogP contribution in [0.25, 0.3) is 0 Å². The van der Waals surface area contributed by atoms with Crippen molar-refractivity contribution in [2.75, 3.05) is 20.8 Å². The number of carbonyl (C=O) groups is 1. The first-order chi connectivity index (χ1) is 8.17. The van der Waals surface area contributed by atoms with Gasteiger partial charge in [-0.05, 0) is 31.0 Å². The quantitative estimate of drug-likeness (QED) is 0.709. The van der Waals surface area contributed by atoms with Crippen LogP contribution in [-0.4, -0.2) is 32.9 Å². The lowest BCUT2D eigenvalue weighted by Gasteiger charge is -2.12. The van der Waals surface area contributed by atoms with E-state index in [1.807, 2.05) is 24.3 Å². The van der Waals surface area contributed by atoms with Crippen molar-refractivity contribution in [3.05, 3.63) is 29.8 Å². The molecule has 17 heavy (non-hydrogen) atoms. The molecule has 0 saturated carbocycles. The van der Waals surface area contributed by atoms with Crippen LogP contribution in [0.2, 0.25) is 0 Å². The minimum Gasteiger partial charge on any atom is -0.479 e. The first-order valence-electron chi connectivity index (χ1n) is 5.49. The van der Waals surface area contributed by atoms with Crippen molar-refractivity contribution in [1.82, 2.24) is 0 Å². The average Bonchev–Trinajstić information content (AvgIpc) is 2.37. The minimum absolute atomic E-state index is 0.381. The van der Waals surface area contributed by atoms with E-state index >= 15 is 0 Å². The number of rotatable bonds is 6. The fourth-order valence-corrected chi connectivity index (χ4v) is 1.37. The maximum absolute atomic E-state index is 11.2. The summed E-state index contributed by atoms with van der Waals surface area (Å²) in [4.78, 5) is 11.2. The predicted molar refractivity (Wildman–Crippen MR) is 64.1 cm³/mol. The zero-order valence-corrected chi connectivity index (χ0v) is 10.4. The first-order valence-corrected chi connectivity index (χ1v) is 5.49. The zero-order chi connectivity index (χ0) is 12.7. The van der Waals surface area contributed by atoms with E-state index in [4.69, 9.17) is 9.47 Å². The van der Waals surface area contributed by atoms with Crippen molar-refractivity contribution < 1.29 is 19.0 Å². The van der Waals surface area contributed by atoms with Crippen LogP contribution in [0.1, 0.15) is 12.5 Å². The van der Waals surface area contributed by atoms with Crippen LogP contribution in [0.3, 0.4) is 0 Å². The van der Waals surface area contributed by atoms with Crippen molar-refractivity contribution in [3.63, 3.8) is 0 Å². The molecule has 94 valence electrons. The molecule has 0 radical (unpaired) electrons. The van der Waals surface area contributed by atoms with Gasteiger partial charge >= 0.3 is 5.97 Å². The molecule has 0 unspecified atom stereocenters. The Bertz CT molecular complexity index is 345. The van der Waals surface area contributed by atoms with E-state index in [0.29, 0.717) is 12.4 Å². The van der Waals surface area contributed by atoms with Crippen LogP contribution >= 0.6 is 0 Å². The van der Waals surface area contributed by atoms with Gasteiger partial charge in [0.25, 0.3) is 0 Å². The fraction of sp³-hybridized carbons (Fsp3) is 0.462. The van der Waals surface area contributed by atoms with E-state index in [9.17, 15) is 4.79 Å². The van der Waals surface area contributed by atoms with Crippen molar-refractivity contribution >= 4 is 5.97 Å². The summed E-state index contributed by atoms with van der Waals surface area (Å²) in [6.45, 7) is 2.35. The van der Waals surface area contributed by atoms with Gasteiger partial charge in [0.1, 0.15) is 5.75 Å². The summed E-state index contributed by atoms with van der Waals surface area (Å²) in [5.74, 6) is 0.275. The van der Waals surface area contributed by atoms with Crippen LogP contribution in [0.15, 0.2) is 24.3 Å². The first kappa shape index (κ1) is 13.5. The molecule has 0 aliphatic heterocycles. The van der Waals surface area contributed by atoms with Gasteiger partial charge in [0.05, 0.1) is 13.7 Å². The van der Waals surface area contributed by atoms with Crippen LogP contribution in [0, 0.1) is 0 Å². The molecule has 1 aromatic carbocycles. The number of hydrogen-bond donors (Lipinski definition) is 0. The van der Waals surface area contributed by atoms with Gasteiger partial charge in [-0.25, -0.2) is 4.79 Å². The molecule has 1 atom stereocenters. The topological polar surface area (TPSA) is 44.8 Å². The molecular formula is C13H18O4. The molecule has 0 fully saturated rings. The largest absolute Gasteiger partial charge is 0.479 e. The molecule has 4 nitrogen and oxygen atoms in total. The lowest BCUT2D eigenvalue weighted by atomic mass is 10.1. The third kappa shape index (κ3) is 4.44. The van der Waals surface area contributed by atoms with Gasteiger partial charge in [0, 0.05) is 7.11 Å². The van der Waals surface area contributed by atoms with Crippen LogP contribution in [0.5, 0.6) is 5.75 Å². The Labute approximate surface area is 101 Å². The molecule has 0 aliphatic carbocycles. The number of hydrogen-bond acceptors (Lipinski definition) is 4. The molecule has 0 spiro atoms. The molecule has 0 bridgehead atoms. The second-order valence-electron chi connectivity index (χ2n) is 3.67. The Morgan fingerprint density at radius 1 is 1.24 bits per heavy atom. The third-order valence-corrected chi connectivity index (χ3v) is 2.36. The van der Waals surface area contributed by atoms with Crippen LogP contribution in [0.4, 0.5) is 0 Å². The lowest BCUT2D eigenvalue weighted by Crippen LogP contribution is -2.24. The van der Waals surface area contributed by atoms with E-state index in [0.717, 1.165) is 6.42 Å². The number of esters is 1. The Morgan fingerprint density at radius 3 is 2.41 bits per heavy atom. The molecule has 1 rings (SSSR count). The summed E-state index contributed by atoms with van der Waals surface area (Å²) in [7, 11) is 3.02. The predicted octanol–water partition coefficient (Wildman–Crippen LogP) is 1.82. The minimum atomic E-state index is -0.593. The van der Waals surface area contributed by atoms with Crippen molar-refractivity contribution in [2.24, 2.45) is 0 Å². The zero-order valence-electron chi connectivity index (χ0n) is 10.4.